The van der Waals surface area contributed by atoms with Crippen molar-refractivity contribution < 1.29 is 19.4 Å². The maximum Gasteiger partial charge on any atom is 0.321 e. The molecule has 1 fully saturated rings. The summed E-state index contributed by atoms with van der Waals surface area (Å²) >= 11 is 0. The molecule has 1 aliphatic rings. The number of methoxy groups -OCH3 is 1. The topological polar surface area (TPSA) is 59.0 Å². The molecule has 2 atom stereocenters. The molecule has 116 valence electrons. The van der Waals surface area contributed by atoms with Crippen LogP contribution in [-0.4, -0.2) is 48.3 Å². The van der Waals surface area contributed by atoms with E-state index in [1.807, 2.05) is 29.2 Å². The predicted octanol–water partition coefficient (Wildman–Crippen LogP) is 2.26. The van der Waals surface area contributed by atoms with Gasteiger partial charge in [0.1, 0.15) is 23.6 Å². The normalized spacial score (nSPS) is 22.5. The fraction of sp³-hybridized carbons (Fsp3) is 0.562. The lowest BCUT2D eigenvalue weighted by atomic mass is 10.1. The number of likely N-dealkylation sites (tertiary alicyclic amines) is 1. The molecular weight excluding hydrogens is 270 g/mol. The number of ether oxygens (including phenoxy) is 2. The van der Waals surface area contributed by atoms with Crippen LogP contribution < -0.4 is 9.47 Å². The molecule has 5 nitrogen and oxygen atoms in total. The molecule has 0 aliphatic carbocycles. The highest BCUT2D eigenvalue weighted by Crippen LogP contribution is 2.25. The monoisotopic (exact) mass is 293 g/mol. The van der Waals surface area contributed by atoms with E-state index in [0.29, 0.717) is 18.9 Å². The molecule has 0 amide bonds. The molecule has 0 saturated carbocycles. The summed E-state index contributed by atoms with van der Waals surface area (Å²) in [6.45, 7) is 5.62. The summed E-state index contributed by atoms with van der Waals surface area (Å²) in [5, 5.41) is 9.33. The fourth-order valence-electron chi connectivity index (χ4n) is 2.72. The molecule has 0 spiro atoms. The second-order valence-corrected chi connectivity index (χ2v) is 5.85. The highest BCUT2D eigenvalue weighted by molar-refractivity contribution is 5.74. The van der Waals surface area contributed by atoms with Crippen LogP contribution >= 0.6 is 0 Å². The van der Waals surface area contributed by atoms with E-state index in [1.165, 1.54) is 0 Å². The number of carboxylic acid groups (broad SMARTS) is 1. The van der Waals surface area contributed by atoms with Crippen LogP contribution in [0.2, 0.25) is 0 Å². The van der Waals surface area contributed by atoms with Crippen molar-refractivity contribution in [1.82, 2.24) is 4.90 Å². The number of nitrogens with zero attached hydrogens (tertiary/aromatic N) is 1. The third-order valence-electron chi connectivity index (χ3n) is 3.61. The van der Waals surface area contributed by atoms with E-state index in [4.69, 9.17) is 9.47 Å². The first-order chi connectivity index (χ1) is 9.99. The number of rotatable bonds is 6. The van der Waals surface area contributed by atoms with E-state index in [2.05, 4.69) is 13.8 Å². The maximum absolute atomic E-state index is 11.4. The van der Waals surface area contributed by atoms with E-state index in [-0.39, 0.29) is 6.10 Å². The van der Waals surface area contributed by atoms with Gasteiger partial charge in [0, 0.05) is 19.5 Å². The summed E-state index contributed by atoms with van der Waals surface area (Å²) in [7, 11) is 1.62. The summed E-state index contributed by atoms with van der Waals surface area (Å²) in [4.78, 5) is 13.4. The van der Waals surface area contributed by atoms with Crippen LogP contribution in [0, 0.1) is 5.92 Å². The van der Waals surface area contributed by atoms with Gasteiger partial charge in [-0.2, -0.15) is 0 Å². The first-order valence-electron chi connectivity index (χ1n) is 7.27. The third-order valence-corrected chi connectivity index (χ3v) is 3.61. The van der Waals surface area contributed by atoms with Crippen LogP contribution in [0.4, 0.5) is 0 Å². The van der Waals surface area contributed by atoms with Gasteiger partial charge in [0.05, 0.1) is 7.11 Å². The molecule has 1 aromatic carbocycles. The first-order valence-corrected chi connectivity index (χ1v) is 7.27. The lowest BCUT2D eigenvalue weighted by molar-refractivity contribution is -0.142. The second kappa shape index (κ2) is 6.80. The Hall–Kier alpha value is -1.75. The minimum absolute atomic E-state index is 0.0850. The molecule has 2 unspecified atom stereocenters. The smallest absolute Gasteiger partial charge is 0.321 e. The first kappa shape index (κ1) is 15.6. The standard InChI is InChI=1S/C16H23NO4/c1-11(2)9-17-10-14(8-15(17)16(18)19)21-13-6-4-12(20-3)5-7-13/h4-7,11,14-15H,8-10H2,1-3H3,(H,18,19). The van der Waals surface area contributed by atoms with E-state index >= 15 is 0 Å². The summed E-state index contributed by atoms with van der Waals surface area (Å²) in [6.07, 6.45) is 0.437. The van der Waals surface area contributed by atoms with Gasteiger partial charge in [-0.3, -0.25) is 9.69 Å². The number of aliphatic carboxylic acids is 1. The van der Waals surface area contributed by atoms with Gasteiger partial charge in [0.25, 0.3) is 0 Å². The van der Waals surface area contributed by atoms with Crippen molar-refractivity contribution in [3.05, 3.63) is 24.3 Å². The lowest BCUT2D eigenvalue weighted by Gasteiger charge is -2.22. The molecule has 1 aliphatic heterocycles. The van der Waals surface area contributed by atoms with Gasteiger partial charge in [-0.15, -0.1) is 0 Å². The Kier molecular flexibility index (Phi) is 5.07. The summed E-state index contributed by atoms with van der Waals surface area (Å²) in [5.74, 6) is 1.19. The van der Waals surface area contributed by atoms with Gasteiger partial charge in [0.15, 0.2) is 0 Å². The molecule has 0 radical (unpaired) electrons. The van der Waals surface area contributed by atoms with Gasteiger partial charge in [-0.05, 0) is 30.2 Å². The van der Waals surface area contributed by atoms with Crippen LogP contribution in [0.3, 0.4) is 0 Å². The molecule has 0 bridgehead atoms. The Morgan fingerprint density at radius 3 is 2.48 bits per heavy atom. The van der Waals surface area contributed by atoms with Crippen molar-refractivity contribution >= 4 is 5.97 Å². The number of hydrogen-bond acceptors (Lipinski definition) is 4. The van der Waals surface area contributed by atoms with Crippen LogP contribution in [0.1, 0.15) is 20.3 Å². The van der Waals surface area contributed by atoms with Gasteiger partial charge < -0.3 is 14.6 Å². The molecule has 5 heteroatoms. The number of carboxylic acids is 1. The van der Waals surface area contributed by atoms with Crippen LogP contribution in [0.5, 0.6) is 11.5 Å². The Morgan fingerprint density at radius 1 is 1.33 bits per heavy atom. The molecule has 1 aromatic rings. The average Bonchev–Trinajstić information content (AvgIpc) is 2.81. The SMILES string of the molecule is COc1ccc(OC2CC(C(=O)O)N(CC(C)C)C2)cc1. The number of benzene rings is 1. The average molecular weight is 293 g/mol. The van der Waals surface area contributed by atoms with Crippen molar-refractivity contribution in [2.45, 2.75) is 32.4 Å². The molecule has 0 aromatic heterocycles. The van der Waals surface area contributed by atoms with Gasteiger partial charge >= 0.3 is 5.97 Å². The van der Waals surface area contributed by atoms with Gasteiger partial charge in [-0.25, -0.2) is 0 Å². The van der Waals surface area contributed by atoms with Crippen LogP contribution in [0.25, 0.3) is 0 Å². The zero-order chi connectivity index (χ0) is 15.4. The van der Waals surface area contributed by atoms with E-state index in [1.54, 1.807) is 7.11 Å². The van der Waals surface area contributed by atoms with Crippen molar-refractivity contribution in [3.8, 4) is 11.5 Å². The summed E-state index contributed by atoms with van der Waals surface area (Å²) < 4.78 is 11.0. The van der Waals surface area contributed by atoms with Gasteiger partial charge in [-0.1, -0.05) is 13.8 Å². The lowest BCUT2D eigenvalue weighted by Crippen LogP contribution is -2.38. The molecule has 2 rings (SSSR count). The van der Waals surface area contributed by atoms with E-state index in [0.717, 1.165) is 18.0 Å². The summed E-state index contributed by atoms with van der Waals surface area (Å²) in [5.41, 5.74) is 0. The third kappa shape index (κ3) is 4.11. The van der Waals surface area contributed by atoms with E-state index in [9.17, 15) is 9.90 Å². The van der Waals surface area contributed by atoms with E-state index < -0.39 is 12.0 Å². The molecule has 21 heavy (non-hydrogen) atoms. The number of carbonyl (C=O) groups is 1. The Morgan fingerprint density at radius 2 is 1.95 bits per heavy atom. The quantitative estimate of drug-likeness (QED) is 0.872. The molecule has 1 saturated heterocycles. The Labute approximate surface area is 125 Å². The van der Waals surface area contributed by atoms with Crippen LogP contribution in [-0.2, 0) is 4.79 Å². The largest absolute Gasteiger partial charge is 0.497 e. The van der Waals surface area contributed by atoms with Crippen molar-refractivity contribution in [1.29, 1.82) is 0 Å². The Balaban J connectivity index is 1.99. The van der Waals surface area contributed by atoms with Crippen molar-refractivity contribution in [2.75, 3.05) is 20.2 Å². The van der Waals surface area contributed by atoms with Crippen molar-refractivity contribution in [2.24, 2.45) is 5.92 Å². The second-order valence-electron chi connectivity index (χ2n) is 5.85. The zero-order valence-corrected chi connectivity index (χ0v) is 12.8. The van der Waals surface area contributed by atoms with Crippen LogP contribution in [0.15, 0.2) is 24.3 Å². The minimum Gasteiger partial charge on any atom is -0.497 e. The highest BCUT2D eigenvalue weighted by Gasteiger charge is 2.38. The predicted molar refractivity (Wildman–Crippen MR) is 79.9 cm³/mol. The zero-order valence-electron chi connectivity index (χ0n) is 12.8. The highest BCUT2D eigenvalue weighted by atomic mass is 16.5. The Bertz CT molecular complexity index is 472. The summed E-state index contributed by atoms with van der Waals surface area (Å²) in [6, 6.07) is 6.92. The number of hydrogen-bond donors (Lipinski definition) is 1. The maximum atomic E-state index is 11.4. The van der Waals surface area contributed by atoms with Gasteiger partial charge in [0.2, 0.25) is 0 Å². The molecular formula is C16H23NO4. The van der Waals surface area contributed by atoms with Crippen molar-refractivity contribution in [3.63, 3.8) is 0 Å². The minimum atomic E-state index is -0.767. The molecule has 1 N–H and O–H groups in total. The fourth-order valence-corrected chi connectivity index (χ4v) is 2.72. The molecule has 1 heterocycles.